The molecule has 1 aromatic heterocycles. The molecule has 0 atom stereocenters. The predicted octanol–water partition coefficient (Wildman–Crippen LogP) is 0.504. The van der Waals surface area contributed by atoms with Gasteiger partial charge < -0.3 is 14.5 Å². The molecule has 2 heterocycles. The molecule has 23 heavy (non-hydrogen) atoms. The van der Waals surface area contributed by atoms with E-state index in [1.165, 1.54) is 24.0 Å². The standard InChI is InChI=1S/C13H15N3O6S/c1-9(17)14-4-6-15(7-5-14)11(18)8-22-13(19)10-2-3-12(23-10)16(20)21/h2-3H,4-8H2,1H3. The van der Waals surface area contributed by atoms with Crippen LogP contribution in [-0.4, -0.2) is 65.3 Å². The van der Waals surface area contributed by atoms with Gasteiger partial charge in [-0.2, -0.15) is 0 Å². The van der Waals surface area contributed by atoms with E-state index < -0.39 is 17.5 Å². The largest absolute Gasteiger partial charge is 0.451 e. The molecule has 10 heteroatoms. The quantitative estimate of drug-likeness (QED) is 0.448. The van der Waals surface area contributed by atoms with Gasteiger partial charge in [-0.05, 0) is 6.07 Å². The van der Waals surface area contributed by atoms with E-state index in [0.717, 1.165) is 0 Å². The maximum absolute atomic E-state index is 12.0. The molecule has 2 amide bonds. The first-order valence-corrected chi connectivity index (χ1v) is 7.65. The van der Waals surface area contributed by atoms with Crippen LogP contribution >= 0.6 is 11.3 Å². The fourth-order valence-electron chi connectivity index (χ4n) is 2.10. The smallest absolute Gasteiger partial charge is 0.349 e. The molecular weight excluding hydrogens is 326 g/mol. The number of carbonyl (C=O) groups is 3. The van der Waals surface area contributed by atoms with Gasteiger partial charge in [0.2, 0.25) is 5.91 Å². The Bertz CT molecular complexity index is 635. The van der Waals surface area contributed by atoms with Crippen LogP contribution in [-0.2, 0) is 14.3 Å². The molecule has 0 N–H and O–H groups in total. The van der Waals surface area contributed by atoms with Gasteiger partial charge in [-0.25, -0.2) is 4.79 Å². The first-order chi connectivity index (χ1) is 10.9. The maximum Gasteiger partial charge on any atom is 0.349 e. The first kappa shape index (κ1) is 16.9. The highest BCUT2D eigenvalue weighted by atomic mass is 32.1. The number of thiophene rings is 1. The molecule has 0 unspecified atom stereocenters. The van der Waals surface area contributed by atoms with E-state index in [9.17, 15) is 24.5 Å². The number of hydrogen-bond acceptors (Lipinski definition) is 7. The lowest BCUT2D eigenvalue weighted by Gasteiger charge is -2.34. The average Bonchev–Trinajstić information content (AvgIpc) is 3.02. The molecule has 1 saturated heterocycles. The number of piperazine rings is 1. The van der Waals surface area contributed by atoms with Crippen molar-refractivity contribution >= 4 is 34.1 Å². The van der Waals surface area contributed by atoms with Gasteiger partial charge >= 0.3 is 11.0 Å². The summed E-state index contributed by atoms with van der Waals surface area (Å²) in [5, 5.41) is 10.4. The predicted molar refractivity (Wildman–Crippen MR) is 80.1 cm³/mol. The minimum absolute atomic E-state index is 0.0391. The lowest BCUT2D eigenvalue weighted by atomic mass is 10.3. The second-order valence-electron chi connectivity index (χ2n) is 4.86. The fraction of sp³-hybridized carbons (Fsp3) is 0.462. The zero-order chi connectivity index (χ0) is 17.0. The molecule has 124 valence electrons. The van der Waals surface area contributed by atoms with Crippen molar-refractivity contribution in [1.82, 2.24) is 9.80 Å². The Kier molecular flexibility index (Phi) is 5.27. The van der Waals surface area contributed by atoms with Crippen LogP contribution in [0.4, 0.5) is 5.00 Å². The van der Waals surface area contributed by atoms with Gasteiger partial charge in [0, 0.05) is 39.2 Å². The van der Waals surface area contributed by atoms with Crippen LogP contribution in [0.2, 0.25) is 0 Å². The highest BCUT2D eigenvalue weighted by Gasteiger charge is 2.24. The van der Waals surface area contributed by atoms with Crippen molar-refractivity contribution in [3.63, 3.8) is 0 Å². The van der Waals surface area contributed by atoms with E-state index in [0.29, 0.717) is 37.5 Å². The van der Waals surface area contributed by atoms with Crippen molar-refractivity contribution in [3.05, 3.63) is 27.1 Å². The van der Waals surface area contributed by atoms with Crippen molar-refractivity contribution in [1.29, 1.82) is 0 Å². The highest BCUT2D eigenvalue weighted by molar-refractivity contribution is 7.17. The average molecular weight is 341 g/mol. The molecule has 2 rings (SSSR count). The zero-order valence-corrected chi connectivity index (χ0v) is 13.2. The third-order valence-corrected chi connectivity index (χ3v) is 4.39. The number of rotatable bonds is 4. The molecule has 0 aliphatic carbocycles. The lowest BCUT2D eigenvalue weighted by molar-refractivity contribution is -0.380. The zero-order valence-electron chi connectivity index (χ0n) is 12.4. The molecule has 1 aromatic rings. The van der Waals surface area contributed by atoms with Gasteiger partial charge in [-0.3, -0.25) is 19.7 Å². The van der Waals surface area contributed by atoms with Crippen LogP contribution in [0.3, 0.4) is 0 Å². The number of carbonyl (C=O) groups excluding carboxylic acids is 3. The van der Waals surface area contributed by atoms with Gasteiger partial charge in [0.05, 0.1) is 4.92 Å². The second-order valence-corrected chi connectivity index (χ2v) is 5.92. The fourth-order valence-corrected chi connectivity index (χ4v) is 2.81. The SMILES string of the molecule is CC(=O)N1CCN(C(=O)COC(=O)c2ccc([N+](=O)[O-])s2)CC1. The normalized spacial score (nSPS) is 14.5. The van der Waals surface area contributed by atoms with Gasteiger partial charge in [-0.1, -0.05) is 11.3 Å². The second kappa shape index (κ2) is 7.18. The monoisotopic (exact) mass is 341 g/mol. The minimum Gasteiger partial charge on any atom is -0.451 e. The van der Waals surface area contributed by atoms with Crippen LogP contribution in [0.15, 0.2) is 12.1 Å². The van der Waals surface area contributed by atoms with E-state index in [1.807, 2.05) is 0 Å². The number of nitro groups is 1. The molecule has 0 spiro atoms. The van der Waals surface area contributed by atoms with Crippen LogP contribution in [0.1, 0.15) is 16.6 Å². The van der Waals surface area contributed by atoms with Gasteiger partial charge in [0.1, 0.15) is 4.88 Å². The third kappa shape index (κ3) is 4.25. The van der Waals surface area contributed by atoms with Crippen molar-refractivity contribution in [2.75, 3.05) is 32.8 Å². The van der Waals surface area contributed by atoms with Crippen LogP contribution < -0.4 is 0 Å². The van der Waals surface area contributed by atoms with E-state index in [4.69, 9.17) is 4.74 Å². The summed E-state index contributed by atoms with van der Waals surface area (Å²) in [6.07, 6.45) is 0. The highest BCUT2D eigenvalue weighted by Crippen LogP contribution is 2.24. The van der Waals surface area contributed by atoms with Gasteiger partial charge in [0.25, 0.3) is 5.91 Å². The minimum atomic E-state index is -0.765. The van der Waals surface area contributed by atoms with E-state index in [1.54, 1.807) is 4.90 Å². The summed E-state index contributed by atoms with van der Waals surface area (Å²) in [5.41, 5.74) is 0. The molecule has 9 nitrogen and oxygen atoms in total. The molecule has 0 bridgehead atoms. The van der Waals surface area contributed by atoms with Crippen molar-refractivity contribution in [2.24, 2.45) is 0 Å². The van der Waals surface area contributed by atoms with Crippen molar-refractivity contribution in [2.45, 2.75) is 6.92 Å². The van der Waals surface area contributed by atoms with Crippen LogP contribution in [0, 0.1) is 10.1 Å². The summed E-state index contributed by atoms with van der Waals surface area (Å²) in [4.78, 5) is 48.1. The lowest BCUT2D eigenvalue weighted by Crippen LogP contribution is -2.51. The first-order valence-electron chi connectivity index (χ1n) is 6.83. The number of ether oxygens (including phenoxy) is 1. The van der Waals surface area contributed by atoms with Gasteiger partial charge in [0.15, 0.2) is 6.61 Å². The van der Waals surface area contributed by atoms with E-state index in [2.05, 4.69) is 0 Å². The topological polar surface area (TPSA) is 110 Å². The molecular formula is C13H15N3O6S. The summed E-state index contributed by atoms with van der Waals surface area (Å²) in [7, 11) is 0. The molecule has 1 aliphatic rings. The van der Waals surface area contributed by atoms with Crippen molar-refractivity contribution in [3.8, 4) is 0 Å². The molecule has 1 aliphatic heterocycles. The van der Waals surface area contributed by atoms with Gasteiger partial charge in [-0.15, -0.1) is 0 Å². The third-order valence-electron chi connectivity index (χ3n) is 3.38. The Labute approximate surface area is 135 Å². The maximum atomic E-state index is 12.0. The summed E-state index contributed by atoms with van der Waals surface area (Å²) in [6.45, 7) is 2.73. The summed E-state index contributed by atoms with van der Waals surface area (Å²) in [6, 6.07) is 2.51. The van der Waals surface area contributed by atoms with E-state index in [-0.39, 0.29) is 21.7 Å². The van der Waals surface area contributed by atoms with E-state index >= 15 is 0 Å². The van der Waals surface area contributed by atoms with Crippen molar-refractivity contribution < 1.29 is 24.0 Å². The summed E-state index contributed by atoms with van der Waals surface area (Å²) < 4.78 is 4.89. The van der Waals surface area contributed by atoms with Crippen LogP contribution in [0.5, 0.6) is 0 Å². The Hall–Kier alpha value is -2.49. The number of nitrogens with zero attached hydrogens (tertiary/aromatic N) is 3. The Morgan fingerprint density at radius 2 is 1.83 bits per heavy atom. The molecule has 0 aromatic carbocycles. The number of esters is 1. The number of hydrogen-bond donors (Lipinski definition) is 0. The Morgan fingerprint density at radius 3 is 2.35 bits per heavy atom. The molecule has 0 radical (unpaired) electrons. The molecule has 0 saturated carbocycles. The summed E-state index contributed by atoms with van der Waals surface area (Å²) in [5.74, 6) is -1.16. The van der Waals surface area contributed by atoms with Crippen LogP contribution in [0.25, 0.3) is 0 Å². The Morgan fingerprint density at radius 1 is 1.22 bits per heavy atom. The summed E-state index contributed by atoms with van der Waals surface area (Å²) >= 11 is 0.697. The number of amides is 2. The Balaban J connectivity index is 1.81. The molecule has 1 fully saturated rings.